The Morgan fingerprint density at radius 3 is 2.40 bits per heavy atom. The SMILES string of the molecule is CCNC(=NCCCN1CCCN(C)CC1)N1CCN(C(C)=O)CC1. The average molecular weight is 353 g/mol. The molecule has 0 bridgehead atoms. The molecule has 1 N–H and O–H groups in total. The fourth-order valence-electron chi connectivity index (χ4n) is 3.46. The molecule has 2 heterocycles. The molecule has 2 fully saturated rings. The monoisotopic (exact) mass is 352 g/mol. The van der Waals surface area contributed by atoms with Crippen LogP contribution in [-0.4, -0.2) is 111 Å². The number of rotatable bonds is 5. The minimum Gasteiger partial charge on any atom is -0.357 e. The number of likely N-dealkylation sites (N-methyl/N-ethyl adjacent to an activating group) is 1. The van der Waals surface area contributed by atoms with Crippen molar-refractivity contribution in [3.05, 3.63) is 0 Å². The maximum atomic E-state index is 11.5. The molecule has 0 spiro atoms. The van der Waals surface area contributed by atoms with E-state index in [1.165, 1.54) is 32.6 Å². The maximum absolute atomic E-state index is 11.5. The molecule has 0 aromatic rings. The second-order valence-corrected chi connectivity index (χ2v) is 7.08. The van der Waals surface area contributed by atoms with E-state index in [0.29, 0.717) is 0 Å². The van der Waals surface area contributed by atoms with Crippen molar-refractivity contribution in [1.29, 1.82) is 0 Å². The van der Waals surface area contributed by atoms with Crippen molar-refractivity contribution in [3.63, 3.8) is 0 Å². The Bertz CT molecular complexity index is 433. The lowest BCUT2D eigenvalue weighted by molar-refractivity contribution is -0.130. The summed E-state index contributed by atoms with van der Waals surface area (Å²) in [4.78, 5) is 25.5. The third-order valence-corrected chi connectivity index (χ3v) is 5.07. The normalized spacial score (nSPS) is 21.3. The van der Waals surface area contributed by atoms with Crippen molar-refractivity contribution >= 4 is 11.9 Å². The second-order valence-electron chi connectivity index (χ2n) is 7.08. The number of hydrogen-bond acceptors (Lipinski definition) is 4. The van der Waals surface area contributed by atoms with E-state index < -0.39 is 0 Å². The van der Waals surface area contributed by atoms with E-state index in [2.05, 4.69) is 34.0 Å². The molecule has 0 aliphatic carbocycles. The van der Waals surface area contributed by atoms with Gasteiger partial charge in [0.2, 0.25) is 5.91 Å². The number of hydrogen-bond donors (Lipinski definition) is 1. The van der Waals surface area contributed by atoms with Crippen LogP contribution in [0.25, 0.3) is 0 Å². The summed E-state index contributed by atoms with van der Waals surface area (Å²) in [6.45, 7) is 14.7. The molecule has 0 aromatic carbocycles. The zero-order chi connectivity index (χ0) is 18.1. The molecule has 7 nitrogen and oxygen atoms in total. The molecule has 2 saturated heterocycles. The first kappa shape index (κ1) is 20.0. The number of carbonyl (C=O) groups excluding carboxylic acids is 1. The van der Waals surface area contributed by atoms with Crippen LogP contribution in [0.4, 0.5) is 0 Å². The van der Waals surface area contributed by atoms with Gasteiger partial charge in [-0.05, 0) is 46.4 Å². The van der Waals surface area contributed by atoms with Crippen molar-refractivity contribution in [2.45, 2.75) is 26.7 Å². The second kappa shape index (κ2) is 10.6. The van der Waals surface area contributed by atoms with Gasteiger partial charge in [0.15, 0.2) is 5.96 Å². The first-order chi connectivity index (χ1) is 12.1. The first-order valence-electron chi connectivity index (χ1n) is 9.80. The minimum absolute atomic E-state index is 0.171. The Kier molecular flexibility index (Phi) is 8.48. The molecule has 2 aliphatic heterocycles. The predicted octanol–water partition coefficient (Wildman–Crippen LogP) is 0.144. The number of nitrogens with one attached hydrogen (secondary N) is 1. The average Bonchev–Trinajstić information content (AvgIpc) is 2.82. The van der Waals surface area contributed by atoms with Crippen molar-refractivity contribution in [3.8, 4) is 0 Å². The van der Waals surface area contributed by atoms with Crippen LogP contribution in [0, 0.1) is 0 Å². The van der Waals surface area contributed by atoms with Crippen LogP contribution in [0.2, 0.25) is 0 Å². The first-order valence-corrected chi connectivity index (χ1v) is 9.80. The van der Waals surface area contributed by atoms with Gasteiger partial charge >= 0.3 is 0 Å². The largest absolute Gasteiger partial charge is 0.357 e. The zero-order valence-electron chi connectivity index (χ0n) is 16.3. The summed E-state index contributed by atoms with van der Waals surface area (Å²) in [6.07, 6.45) is 2.37. The maximum Gasteiger partial charge on any atom is 0.219 e. The highest BCUT2D eigenvalue weighted by Gasteiger charge is 2.20. The summed E-state index contributed by atoms with van der Waals surface area (Å²) in [5.74, 6) is 1.17. The lowest BCUT2D eigenvalue weighted by Crippen LogP contribution is -2.53. The summed E-state index contributed by atoms with van der Waals surface area (Å²) >= 11 is 0. The Labute approximate surface area is 153 Å². The Morgan fingerprint density at radius 1 is 1.00 bits per heavy atom. The van der Waals surface area contributed by atoms with Crippen LogP contribution in [0.5, 0.6) is 0 Å². The summed E-state index contributed by atoms with van der Waals surface area (Å²) in [5, 5.41) is 3.40. The molecular weight excluding hydrogens is 316 g/mol. The van der Waals surface area contributed by atoms with Gasteiger partial charge in [0, 0.05) is 59.3 Å². The van der Waals surface area contributed by atoms with Crippen LogP contribution >= 0.6 is 0 Å². The molecular formula is C18H36N6O. The molecule has 0 saturated carbocycles. The van der Waals surface area contributed by atoms with E-state index >= 15 is 0 Å². The highest BCUT2D eigenvalue weighted by molar-refractivity contribution is 5.80. The highest BCUT2D eigenvalue weighted by Crippen LogP contribution is 2.04. The molecule has 7 heteroatoms. The number of aliphatic imine (C=N–C) groups is 1. The molecule has 2 aliphatic rings. The molecule has 0 atom stereocenters. The molecule has 0 radical (unpaired) electrons. The molecule has 0 aromatic heterocycles. The van der Waals surface area contributed by atoms with Crippen molar-refractivity contribution in [1.82, 2.24) is 24.9 Å². The van der Waals surface area contributed by atoms with Crippen LogP contribution in [0.3, 0.4) is 0 Å². The molecule has 0 unspecified atom stereocenters. The number of guanidine groups is 1. The number of nitrogens with zero attached hydrogens (tertiary/aromatic N) is 5. The Balaban J connectivity index is 1.75. The summed E-state index contributed by atoms with van der Waals surface area (Å²) < 4.78 is 0. The van der Waals surface area contributed by atoms with E-state index in [9.17, 15) is 4.79 Å². The summed E-state index contributed by atoms with van der Waals surface area (Å²) in [5.41, 5.74) is 0. The fraction of sp³-hybridized carbons (Fsp3) is 0.889. The van der Waals surface area contributed by atoms with Gasteiger partial charge in [-0.1, -0.05) is 0 Å². The minimum atomic E-state index is 0.171. The number of amides is 1. The predicted molar refractivity (Wildman–Crippen MR) is 103 cm³/mol. The van der Waals surface area contributed by atoms with Crippen LogP contribution in [0.1, 0.15) is 26.7 Å². The Morgan fingerprint density at radius 2 is 1.72 bits per heavy atom. The molecule has 25 heavy (non-hydrogen) atoms. The quantitative estimate of drug-likeness (QED) is 0.433. The van der Waals surface area contributed by atoms with Crippen LogP contribution < -0.4 is 5.32 Å². The third-order valence-electron chi connectivity index (χ3n) is 5.07. The van der Waals surface area contributed by atoms with E-state index in [1.807, 2.05) is 4.90 Å². The zero-order valence-corrected chi connectivity index (χ0v) is 16.3. The lowest BCUT2D eigenvalue weighted by Gasteiger charge is -2.36. The topological polar surface area (TPSA) is 54.4 Å². The standard InChI is InChI=1S/C18H36N6O/c1-4-19-18(24-15-13-23(14-16-24)17(2)25)20-7-5-9-22-10-6-8-21(3)11-12-22/h4-16H2,1-3H3,(H,19,20). The smallest absolute Gasteiger partial charge is 0.219 e. The number of carbonyl (C=O) groups is 1. The summed E-state index contributed by atoms with van der Waals surface area (Å²) in [7, 11) is 2.21. The molecule has 1 amide bonds. The van der Waals surface area contributed by atoms with Gasteiger partial charge in [0.1, 0.15) is 0 Å². The third kappa shape index (κ3) is 6.82. The van der Waals surface area contributed by atoms with Gasteiger partial charge in [-0.25, -0.2) is 0 Å². The van der Waals surface area contributed by atoms with E-state index in [0.717, 1.165) is 58.2 Å². The lowest BCUT2D eigenvalue weighted by atomic mass is 10.3. The van der Waals surface area contributed by atoms with Gasteiger partial charge in [0.05, 0.1) is 0 Å². The molecule has 2 rings (SSSR count). The van der Waals surface area contributed by atoms with E-state index in [4.69, 9.17) is 4.99 Å². The summed E-state index contributed by atoms with van der Waals surface area (Å²) in [6, 6.07) is 0. The van der Waals surface area contributed by atoms with Gasteiger partial charge in [-0.3, -0.25) is 9.79 Å². The van der Waals surface area contributed by atoms with Gasteiger partial charge in [-0.2, -0.15) is 0 Å². The number of piperazine rings is 1. The van der Waals surface area contributed by atoms with Crippen LogP contribution in [0.15, 0.2) is 4.99 Å². The van der Waals surface area contributed by atoms with Crippen molar-refractivity contribution in [2.24, 2.45) is 4.99 Å². The van der Waals surface area contributed by atoms with E-state index in [-0.39, 0.29) is 5.91 Å². The van der Waals surface area contributed by atoms with Gasteiger partial charge < -0.3 is 24.9 Å². The van der Waals surface area contributed by atoms with Gasteiger partial charge in [0.25, 0.3) is 0 Å². The van der Waals surface area contributed by atoms with E-state index in [1.54, 1.807) is 6.92 Å². The fourth-order valence-corrected chi connectivity index (χ4v) is 3.46. The van der Waals surface area contributed by atoms with Crippen LogP contribution in [-0.2, 0) is 4.79 Å². The highest BCUT2D eigenvalue weighted by atomic mass is 16.2. The van der Waals surface area contributed by atoms with Gasteiger partial charge in [-0.15, -0.1) is 0 Å². The molecule has 144 valence electrons. The van der Waals surface area contributed by atoms with Crippen molar-refractivity contribution in [2.75, 3.05) is 79.0 Å². The van der Waals surface area contributed by atoms with Crippen molar-refractivity contribution < 1.29 is 4.79 Å². The Hall–Kier alpha value is -1.34.